The Morgan fingerprint density at radius 1 is 1.22 bits per heavy atom. The van der Waals surface area contributed by atoms with Crippen LogP contribution < -0.4 is 20.8 Å². The van der Waals surface area contributed by atoms with E-state index >= 15 is 0 Å². The first kappa shape index (κ1) is 23.4. The summed E-state index contributed by atoms with van der Waals surface area (Å²) < 4.78 is 10.5. The number of hydrogen-bond acceptors (Lipinski definition) is 8. The zero-order chi connectivity index (χ0) is 23.1. The number of hydrazone groups is 1. The van der Waals surface area contributed by atoms with Crippen molar-refractivity contribution in [3.8, 4) is 5.75 Å². The van der Waals surface area contributed by atoms with Crippen molar-refractivity contribution in [2.24, 2.45) is 5.10 Å². The Balaban J connectivity index is 1.82. The van der Waals surface area contributed by atoms with E-state index in [2.05, 4.69) is 44.2 Å². The lowest BCUT2D eigenvalue weighted by atomic mass is 10.1. The van der Waals surface area contributed by atoms with Crippen LogP contribution in [0.5, 0.6) is 5.75 Å². The van der Waals surface area contributed by atoms with E-state index in [1.807, 2.05) is 24.3 Å². The Labute approximate surface area is 195 Å². The summed E-state index contributed by atoms with van der Waals surface area (Å²) in [6.07, 6.45) is 1.46. The predicted molar refractivity (Wildman–Crippen MR) is 125 cm³/mol. The molecule has 2 aromatic carbocycles. The molecule has 0 bridgehead atoms. The van der Waals surface area contributed by atoms with Crippen LogP contribution in [0.1, 0.15) is 35.5 Å². The van der Waals surface area contributed by atoms with Gasteiger partial charge < -0.3 is 15.4 Å². The molecule has 0 atom stereocenters. The van der Waals surface area contributed by atoms with E-state index in [9.17, 15) is 4.79 Å². The lowest BCUT2D eigenvalue weighted by Crippen LogP contribution is -2.22. The normalized spacial score (nSPS) is 11.0. The van der Waals surface area contributed by atoms with Gasteiger partial charge in [-0.2, -0.15) is 5.10 Å². The molecule has 3 rings (SSSR count). The zero-order valence-electron chi connectivity index (χ0n) is 17.5. The summed E-state index contributed by atoms with van der Waals surface area (Å²) >= 11 is 12.2. The van der Waals surface area contributed by atoms with Crippen molar-refractivity contribution in [3.63, 3.8) is 0 Å². The number of carbonyl (C=O) groups excluding carboxylic acids is 1. The van der Waals surface area contributed by atoms with Gasteiger partial charge in [-0.3, -0.25) is 4.79 Å². The van der Waals surface area contributed by atoms with Crippen LogP contribution in [-0.2, 0) is 6.61 Å². The van der Waals surface area contributed by atoms with Crippen LogP contribution in [0.25, 0.3) is 0 Å². The van der Waals surface area contributed by atoms with Gasteiger partial charge in [-0.1, -0.05) is 29.3 Å². The number of amides is 1. The van der Waals surface area contributed by atoms with Crippen LogP contribution in [0.4, 0.5) is 11.5 Å². The molecule has 0 fully saturated rings. The number of rotatable bonds is 9. The van der Waals surface area contributed by atoms with Gasteiger partial charge in [-0.05, 0) is 48.4 Å². The minimum Gasteiger partial charge on any atom is -0.488 e. The minimum absolute atomic E-state index is 0.120. The van der Waals surface area contributed by atoms with Crippen LogP contribution in [0.15, 0.2) is 46.1 Å². The van der Waals surface area contributed by atoms with E-state index in [0.717, 1.165) is 24.3 Å². The monoisotopic (exact) mass is 476 g/mol. The minimum atomic E-state index is -0.643. The van der Waals surface area contributed by atoms with Gasteiger partial charge in [0.1, 0.15) is 12.4 Å². The summed E-state index contributed by atoms with van der Waals surface area (Å²) in [6.45, 7) is 6.07. The molecule has 0 saturated heterocycles. The molecule has 3 N–H and O–H groups in total. The highest BCUT2D eigenvalue weighted by atomic mass is 35.5. The molecule has 0 saturated carbocycles. The number of halogens is 2. The van der Waals surface area contributed by atoms with E-state index in [0.29, 0.717) is 21.4 Å². The SMILES string of the molecule is CCN(CC)c1ccc(/C=N\NC(=O)c2nonc2N)c(OCc2ccc(Cl)cc2Cl)c1. The zero-order valence-corrected chi connectivity index (χ0v) is 19.0. The first-order chi connectivity index (χ1) is 15.4. The van der Waals surface area contributed by atoms with Gasteiger partial charge in [-0.25, -0.2) is 10.1 Å². The van der Waals surface area contributed by atoms with Gasteiger partial charge in [0, 0.05) is 46.0 Å². The maximum atomic E-state index is 12.1. The first-order valence-electron chi connectivity index (χ1n) is 9.80. The van der Waals surface area contributed by atoms with E-state index < -0.39 is 5.91 Å². The van der Waals surface area contributed by atoms with Crippen LogP contribution in [0.2, 0.25) is 10.0 Å². The molecular weight excluding hydrogens is 455 g/mol. The van der Waals surface area contributed by atoms with Gasteiger partial charge in [0.05, 0.1) is 6.21 Å². The number of nitrogen functional groups attached to an aromatic ring is 1. The van der Waals surface area contributed by atoms with Gasteiger partial charge in [0.15, 0.2) is 0 Å². The second kappa shape index (κ2) is 10.8. The molecule has 1 heterocycles. The molecule has 3 aromatic rings. The molecule has 0 radical (unpaired) electrons. The van der Waals surface area contributed by atoms with Crippen molar-refractivity contribution in [1.29, 1.82) is 0 Å². The van der Waals surface area contributed by atoms with E-state index in [1.54, 1.807) is 12.1 Å². The topological polar surface area (TPSA) is 119 Å². The fourth-order valence-corrected chi connectivity index (χ4v) is 3.36. The van der Waals surface area contributed by atoms with Crippen LogP contribution in [-0.4, -0.2) is 35.5 Å². The van der Waals surface area contributed by atoms with Gasteiger partial charge >= 0.3 is 0 Å². The predicted octanol–water partition coefficient (Wildman–Crippen LogP) is 4.15. The van der Waals surface area contributed by atoms with Crippen molar-refractivity contribution in [1.82, 2.24) is 15.7 Å². The lowest BCUT2D eigenvalue weighted by molar-refractivity contribution is 0.0946. The number of nitrogens with two attached hydrogens (primary N) is 1. The number of anilines is 2. The average Bonchev–Trinajstić information content (AvgIpc) is 3.21. The first-order valence-corrected chi connectivity index (χ1v) is 10.6. The Bertz CT molecular complexity index is 1110. The molecule has 0 aliphatic heterocycles. The number of nitrogens with zero attached hydrogens (tertiary/aromatic N) is 4. The van der Waals surface area contributed by atoms with E-state index in [4.69, 9.17) is 33.7 Å². The summed E-state index contributed by atoms with van der Waals surface area (Å²) in [4.78, 5) is 14.3. The Hall–Kier alpha value is -3.30. The summed E-state index contributed by atoms with van der Waals surface area (Å²) in [5.41, 5.74) is 10.1. The van der Waals surface area contributed by atoms with Crippen molar-refractivity contribution in [3.05, 3.63) is 63.3 Å². The second-order valence-electron chi connectivity index (χ2n) is 6.62. The van der Waals surface area contributed by atoms with Crippen molar-refractivity contribution in [2.75, 3.05) is 23.7 Å². The van der Waals surface area contributed by atoms with Gasteiger partial charge in [0.25, 0.3) is 5.91 Å². The molecule has 0 aliphatic rings. The molecule has 9 nitrogen and oxygen atoms in total. The van der Waals surface area contributed by atoms with Crippen molar-refractivity contribution >= 4 is 46.8 Å². The Morgan fingerprint density at radius 2 is 2.00 bits per heavy atom. The number of ether oxygens (including phenoxy) is 1. The largest absolute Gasteiger partial charge is 0.488 e. The third-order valence-electron chi connectivity index (χ3n) is 4.62. The number of nitrogens with one attached hydrogen (secondary N) is 1. The van der Waals surface area contributed by atoms with Crippen molar-refractivity contribution in [2.45, 2.75) is 20.5 Å². The number of carbonyl (C=O) groups is 1. The quantitative estimate of drug-likeness (QED) is 0.351. The summed E-state index contributed by atoms with van der Waals surface area (Å²) in [6, 6.07) is 11.0. The lowest BCUT2D eigenvalue weighted by Gasteiger charge is -2.22. The van der Waals surface area contributed by atoms with Gasteiger partial charge in [0.2, 0.25) is 11.5 Å². The molecule has 11 heteroatoms. The average molecular weight is 477 g/mol. The Morgan fingerprint density at radius 3 is 2.66 bits per heavy atom. The fourth-order valence-electron chi connectivity index (χ4n) is 2.90. The van der Waals surface area contributed by atoms with Crippen LogP contribution in [0, 0.1) is 0 Å². The maximum absolute atomic E-state index is 12.1. The summed E-state index contributed by atoms with van der Waals surface area (Å²) in [5, 5.41) is 11.8. The number of aromatic nitrogens is 2. The number of hydrogen-bond donors (Lipinski definition) is 2. The molecular formula is C21H22Cl2N6O3. The summed E-state index contributed by atoms with van der Waals surface area (Å²) in [7, 11) is 0. The molecule has 0 aliphatic carbocycles. The van der Waals surface area contributed by atoms with E-state index in [-0.39, 0.29) is 18.1 Å². The third kappa shape index (κ3) is 5.68. The highest BCUT2D eigenvalue weighted by Crippen LogP contribution is 2.28. The molecule has 0 unspecified atom stereocenters. The van der Waals surface area contributed by atoms with Gasteiger partial charge in [-0.15, -0.1) is 0 Å². The van der Waals surface area contributed by atoms with Crippen LogP contribution in [0.3, 0.4) is 0 Å². The third-order valence-corrected chi connectivity index (χ3v) is 5.21. The maximum Gasteiger partial charge on any atom is 0.297 e. The summed E-state index contributed by atoms with van der Waals surface area (Å²) in [5.74, 6) is -0.193. The van der Waals surface area contributed by atoms with Crippen molar-refractivity contribution < 1.29 is 14.2 Å². The van der Waals surface area contributed by atoms with E-state index in [1.165, 1.54) is 6.21 Å². The molecule has 1 aromatic heterocycles. The number of benzene rings is 2. The fraction of sp³-hybridized carbons (Fsp3) is 0.238. The highest BCUT2D eigenvalue weighted by Gasteiger charge is 2.15. The molecule has 168 valence electrons. The molecule has 1 amide bonds. The standard InChI is InChI=1S/C21H22Cl2N6O3/c1-3-29(4-2)16-8-6-13(11-25-26-21(30)19-20(24)28-32-27-19)18(10-16)31-12-14-5-7-15(22)9-17(14)23/h5-11H,3-4,12H2,1-2H3,(H2,24,28)(H,26,30)/b25-11-. The molecule has 0 spiro atoms. The smallest absolute Gasteiger partial charge is 0.297 e. The Kier molecular flexibility index (Phi) is 7.91. The second-order valence-corrected chi connectivity index (χ2v) is 7.46. The molecule has 32 heavy (non-hydrogen) atoms. The highest BCUT2D eigenvalue weighted by molar-refractivity contribution is 6.35. The van der Waals surface area contributed by atoms with Crippen LogP contribution >= 0.6 is 23.2 Å².